The summed E-state index contributed by atoms with van der Waals surface area (Å²) in [6.07, 6.45) is 7.65. The number of anilines is 1. The molecule has 38 heavy (non-hydrogen) atoms. The lowest BCUT2D eigenvalue weighted by molar-refractivity contribution is 0.144. The van der Waals surface area contributed by atoms with Gasteiger partial charge in [-0.1, -0.05) is 11.2 Å². The van der Waals surface area contributed by atoms with Gasteiger partial charge >= 0.3 is 0 Å². The molecule has 1 N–H and O–H groups in total. The molecule has 200 valence electrons. The molecule has 2 aromatic heterocycles. The zero-order valence-corrected chi connectivity index (χ0v) is 23.3. The first-order valence-corrected chi connectivity index (χ1v) is 14.4. The van der Waals surface area contributed by atoms with E-state index in [0.29, 0.717) is 23.3 Å². The van der Waals surface area contributed by atoms with Crippen molar-refractivity contribution in [3.05, 3.63) is 40.8 Å². The summed E-state index contributed by atoms with van der Waals surface area (Å²) < 4.78 is 11.8. The van der Waals surface area contributed by atoms with Crippen LogP contribution in [0.3, 0.4) is 0 Å². The molecule has 7 rings (SSSR count). The number of rotatable bonds is 8. The van der Waals surface area contributed by atoms with Gasteiger partial charge in [-0.3, -0.25) is 4.90 Å². The maximum absolute atomic E-state index is 6.25. The lowest BCUT2D eigenvalue weighted by Crippen LogP contribution is -2.46. The molecule has 3 saturated carbocycles. The number of hydrogen-bond donors (Lipinski definition) is 1. The Morgan fingerprint density at radius 3 is 2.55 bits per heavy atom. The van der Waals surface area contributed by atoms with Crippen molar-refractivity contribution in [2.45, 2.75) is 91.3 Å². The first-order valence-electron chi connectivity index (χ1n) is 14.4. The quantitative estimate of drug-likeness (QED) is 0.382. The highest BCUT2D eigenvalue weighted by Crippen LogP contribution is 2.75. The van der Waals surface area contributed by atoms with Crippen molar-refractivity contribution in [3.8, 4) is 28.4 Å². The van der Waals surface area contributed by atoms with Crippen molar-refractivity contribution >= 4 is 5.82 Å². The Kier molecular flexibility index (Phi) is 5.59. The van der Waals surface area contributed by atoms with Gasteiger partial charge < -0.3 is 14.6 Å². The average Bonchev–Trinajstić information content (AvgIpc) is 3.80. The van der Waals surface area contributed by atoms with Crippen molar-refractivity contribution in [2.24, 2.45) is 11.3 Å². The molecule has 1 aliphatic heterocycles. The van der Waals surface area contributed by atoms with Gasteiger partial charge in [0.15, 0.2) is 5.82 Å². The highest BCUT2D eigenvalue weighted by Gasteiger charge is 2.70. The molecule has 3 aromatic rings. The Morgan fingerprint density at radius 1 is 1.11 bits per heavy atom. The number of benzene rings is 1. The van der Waals surface area contributed by atoms with E-state index in [0.717, 1.165) is 88.9 Å². The van der Waals surface area contributed by atoms with Crippen molar-refractivity contribution in [1.82, 2.24) is 20.0 Å². The lowest BCUT2D eigenvalue weighted by atomic mass is 9.97. The summed E-state index contributed by atoms with van der Waals surface area (Å²) in [6, 6.07) is 8.11. The van der Waals surface area contributed by atoms with Crippen molar-refractivity contribution in [1.29, 1.82) is 0 Å². The van der Waals surface area contributed by atoms with Crippen LogP contribution in [0.25, 0.3) is 22.6 Å². The molecule has 1 aromatic carbocycles. The van der Waals surface area contributed by atoms with E-state index in [1.807, 2.05) is 13.8 Å². The highest BCUT2D eigenvalue weighted by atomic mass is 16.5. The van der Waals surface area contributed by atoms with Crippen LogP contribution in [0.1, 0.15) is 68.0 Å². The first-order chi connectivity index (χ1) is 18.3. The average molecular weight is 514 g/mol. The molecule has 3 aliphatic carbocycles. The fourth-order valence-corrected chi connectivity index (χ4v) is 6.50. The Morgan fingerprint density at radius 2 is 1.89 bits per heavy atom. The third-order valence-corrected chi connectivity index (χ3v) is 9.53. The number of piperidine rings is 1. The molecule has 7 heteroatoms. The molecule has 0 unspecified atom stereocenters. The smallest absolute Gasteiger partial charge is 0.162 e. The van der Waals surface area contributed by atoms with Gasteiger partial charge in [-0.25, -0.2) is 9.97 Å². The molecule has 4 fully saturated rings. The number of aromatic nitrogens is 3. The minimum atomic E-state index is 0.388. The number of nitrogens with zero attached hydrogens (tertiary/aromatic N) is 4. The summed E-state index contributed by atoms with van der Waals surface area (Å²) in [7, 11) is 0. The van der Waals surface area contributed by atoms with Gasteiger partial charge in [-0.15, -0.1) is 0 Å². The maximum Gasteiger partial charge on any atom is 0.162 e. The van der Waals surface area contributed by atoms with Gasteiger partial charge in [-0.2, -0.15) is 0 Å². The van der Waals surface area contributed by atoms with Gasteiger partial charge in [-0.05, 0) is 96.8 Å². The van der Waals surface area contributed by atoms with Crippen LogP contribution in [-0.4, -0.2) is 51.3 Å². The molecule has 0 radical (unpaired) electrons. The number of aryl methyl sites for hydroxylation is 3. The largest absolute Gasteiger partial charge is 0.493 e. The Hall–Kier alpha value is -2.93. The highest BCUT2D eigenvalue weighted by molar-refractivity contribution is 5.75. The SMILES string of the molecule is Cc1ccc(OCC23CC2C3)cc1-c1nc(N[C@H]2CCN(C3CC3)[C@@H](C)C2)c(C)c(-c2c(C)noc2C)n1. The second kappa shape index (κ2) is 8.80. The summed E-state index contributed by atoms with van der Waals surface area (Å²) in [5.74, 6) is 4.22. The van der Waals surface area contributed by atoms with Crippen molar-refractivity contribution < 1.29 is 9.26 Å². The first kappa shape index (κ1) is 24.1. The fourth-order valence-electron chi connectivity index (χ4n) is 6.50. The maximum atomic E-state index is 6.25. The number of likely N-dealkylation sites (tertiary alicyclic amines) is 1. The Balaban J connectivity index is 1.23. The second-order valence-corrected chi connectivity index (χ2v) is 12.5. The summed E-state index contributed by atoms with van der Waals surface area (Å²) in [5.41, 5.74) is 6.38. The van der Waals surface area contributed by atoms with Gasteiger partial charge in [0.05, 0.1) is 23.6 Å². The minimum absolute atomic E-state index is 0.388. The molecular weight excluding hydrogens is 474 g/mol. The number of fused-ring (bicyclic) bond motifs is 1. The second-order valence-electron chi connectivity index (χ2n) is 12.5. The molecule has 1 saturated heterocycles. The molecule has 2 atom stereocenters. The third-order valence-electron chi connectivity index (χ3n) is 9.53. The predicted molar refractivity (Wildman–Crippen MR) is 148 cm³/mol. The van der Waals surface area contributed by atoms with Gasteiger partial charge in [0, 0.05) is 41.2 Å². The monoisotopic (exact) mass is 513 g/mol. The summed E-state index contributed by atoms with van der Waals surface area (Å²) in [4.78, 5) is 13.0. The molecule has 3 heterocycles. The van der Waals surface area contributed by atoms with Crippen LogP contribution >= 0.6 is 0 Å². The van der Waals surface area contributed by atoms with Crippen molar-refractivity contribution in [2.75, 3.05) is 18.5 Å². The van der Waals surface area contributed by atoms with Crippen LogP contribution in [-0.2, 0) is 0 Å². The van der Waals surface area contributed by atoms with Crippen LogP contribution in [0.5, 0.6) is 5.75 Å². The van der Waals surface area contributed by atoms with E-state index in [2.05, 4.69) is 54.3 Å². The zero-order valence-electron chi connectivity index (χ0n) is 23.3. The van der Waals surface area contributed by atoms with Gasteiger partial charge in [0.25, 0.3) is 0 Å². The van der Waals surface area contributed by atoms with Gasteiger partial charge in [0.1, 0.15) is 17.3 Å². The summed E-state index contributed by atoms with van der Waals surface area (Å²) >= 11 is 0. The molecule has 7 nitrogen and oxygen atoms in total. The number of hydrogen-bond acceptors (Lipinski definition) is 7. The summed E-state index contributed by atoms with van der Waals surface area (Å²) in [5, 5.41) is 8.07. The van der Waals surface area contributed by atoms with Crippen molar-refractivity contribution in [3.63, 3.8) is 0 Å². The van der Waals surface area contributed by atoms with E-state index in [-0.39, 0.29) is 0 Å². The molecule has 0 bridgehead atoms. The normalized spacial score (nSPS) is 28.2. The number of ether oxygens (including phenoxy) is 1. The van der Waals surface area contributed by atoms with E-state index in [4.69, 9.17) is 19.2 Å². The van der Waals surface area contributed by atoms with Crippen LogP contribution in [0.15, 0.2) is 22.7 Å². The number of nitrogens with one attached hydrogen (secondary N) is 1. The topological polar surface area (TPSA) is 76.3 Å². The van der Waals surface area contributed by atoms with Crippen LogP contribution in [0.4, 0.5) is 5.82 Å². The van der Waals surface area contributed by atoms with E-state index in [1.165, 1.54) is 25.7 Å². The molecule has 0 spiro atoms. The fraction of sp³-hybridized carbons (Fsp3) is 0.581. The zero-order chi connectivity index (χ0) is 26.2. The van der Waals surface area contributed by atoms with E-state index in [1.54, 1.807) is 0 Å². The third kappa shape index (κ3) is 4.29. The molecule has 0 amide bonds. The van der Waals surface area contributed by atoms with Gasteiger partial charge in [0.2, 0.25) is 0 Å². The van der Waals surface area contributed by atoms with E-state index >= 15 is 0 Å². The Bertz CT molecular complexity index is 1370. The molecule has 4 aliphatic rings. The van der Waals surface area contributed by atoms with Crippen LogP contribution < -0.4 is 10.1 Å². The van der Waals surface area contributed by atoms with Crippen LogP contribution in [0.2, 0.25) is 0 Å². The standard InChI is InChI=1S/C31H39N5O2/c1-17-6-9-25(37-16-31-14-22(31)15-31)13-26(17)30-33-28(27-20(4)35-38-21(27)5)19(3)29(34-30)32-23-10-11-36(18(2)12-23)24-7-8-24/h6,9,13,18,22-24H,7-8,10-12,14-16H2,1-5H3,(H,32,33,34)/t18-,22?,23-,31?/m0/s1. The molecular formula is C31H39N5O2. The minimum Gasteiger partial charge on any atom is -0.493 e. The predicted octanol–water partition coefficient (Wildman–Crippen LogP) is 6.25. The van der Waals surface area contributed by atoms with Crippen LogP contribution in [0, 0.1) is 39.0 Å². The van der Waals surface area contributed by atoms with E-state index in [9.17, 15) is 0 Å². The lowest BCUT2D eigenvalue weighted by Gasteiger charge is -2.38. The Labute approximate surface area is 225 Å². The summed E-state index contributed by atoms with van der Waals surface area (Å²) in [6.45, 7) is 12.5. The van der Waals surface area contributed by atoms with E-state index < -0.39 is 0 Å².